The maximum absolute atomic E-state index is 14.4. The summed E-state index contributed by atoms with van der Waals surface area (Å²) < 4.78 is 36.1. The van der Waals surface area contributed by atoms with Gasteiger partial charge in [-0.15, -0.1) is 0 Å². The molecule has 7 rings (SSSR count). The summed E-state index contributed by atoms with van der Waals surface area (Å²) >= 11 is 6.76. The molecular formula is C37H46ClF2N5O2. The maximum Gasteiger partial charge on any atom is 0.226 e. The average Bonchev–Trinajstić information content (AvgIpc) is 3.75. The minimum absolute atomic E-state index is 0.0977. The van der Waals surface area contributed by atoms with E-state index in [4.69, 9.17) is 21.4 Å². The van der Waals surface area contributed by atoms with Gasteiger partial charge in [-0.1, -0.05) is 31.5 Å². The van der Waals surface area contributed by atoms with E-state index in [0.717, 1.165) is 67.8 Å². The van der Waals surface area contributed by atoms with E-state index in [1.165, 1.54) is 23.3 Å². The standard InChI is InChI=1S/C37H46ClF2N5O2/c1-22-13-30-31(19-33(22)38)37(20-32(30)36(2,3)35-41-21-44(4)43-35)7-9-45(10-8-37)34(46)29-18-27(42-26-5-11-47-12-6-26)17-28(29)23-14-24(39)16-25(40)15-23/h13-16,19,21,26-29,32,42H,5-12,17-18,20H2,1-4H3/t27-,28+,29?,32+/m1/s1. The quantitative estimate of drug-likeness (QED) is 0.317. The van der Waals surface area contributed by atoms with Crippen molar-refractivity contribution in [2.24, 2.45) is 13.0 Å². The minimum atomic E-state index is -0.598. The topological polar surface area (TPSA) is 72.3 Å². The number of halogens is 3. The highest BCUT2D eigenvalue weighted by Crippen LogP contribution is 2.58. The van der Waals surface area contributed by atoms with Crippen molar-refractivity contribution in [2.75, 3.05) is 26.3 Å². The average molecular weight is 666 g/mol. The fraction of sp³-hybridized carbons (Fsp3) is 0.595. The Bertz CT molecular complexity index is 1630. The molecule has 2 aromatic carbocycles. The molecule has 10 heteroatoms. The molecule has 1 unspecified atom stereocenters. The molecule has 1 N–H and O–H groups in total. The number of carbonyl (C=O) groups is 1. The van der Waals surface area contributed by atoms with Gasteiger partial charge in [0.15, 0.2) is 5.82 Å². The van der Waals surface area contributed by atoms with Crippen molar-refractivity contribution in [2.45, 2.75) is 100 Å². The monoisotopic (exact) mass is 665 g/mol. The SMILES string of the molecule is Cc1cc2c(cc1Cl)C1(CCN(C(=O)C3C[C@H](NC4CCOCC4)C[C@H]3c3cc(F)cc(F)c3)CC1)C[C@@H]2C(C)(C)c1ncn(C)n1. The molecule has 4 aliphatic rings. The summed E-state index contributed by atoms with van der Waals surface area (Å²) in [6.45, 7) is 9.26. The van der Waals surface area contributed by atoms with Crippen LogP contribution in [0.4, 0.5) is 8.78 Å². The van der Waals surface area contributed by atoms with E-state index in [0.29, 0.717) is 37.5 Å². The highest BCUT2D eigenvalue weighted by molar-refractivity contribution is 6.31. The number of ether oxygens (including phenoxy) is 1. The van der Waals surface area contributed by atoms with E-state index in [-0.39, 0.29) is 40.5 Å². The van der Waals surface area contributed by atoms with Gasteiger partial charge in [0.1, 0.15) is 18.0 Å². The molecule has 7 nitrogen and oxygen atoms in total. The first-order valence-corrected chi connectivity index (χ1v) is 17.6. The van der Waals surface area contributed by atoms with Crippen LogP contribution < -0.4 is 5.32 Å². The molecule has 3 fully saturated rings. The lowest BCUT2D eigenvalue weighted by molar-refractivity contribution is -0.137. The Hall–Kier alpha value is -2.88. The zero-order valence-electron chi connectivity index (χ0n) is 27.9. The van der Waals surface area contributed by atoms with E-state index in [1.54, 1.807) is 11.0 Å². The summed E-state index contributed by atoms with van der Waals surface area (Å²) in [4.78, 5) is 21.1. The van der Waals surface area contributed by atoms with Gasteiger partial charge in [0.2, 0.25) is 5.91 Å². The largest absolute Gasteiger partial charge is 0.381 e. The number of hydrogen-bond donors (Lipinski definition) is 1. The van der Waals surface area contributed by atoms with Gasteiger partial charge in [-0.3, -0.25) is 9.48 Å². The Morgan fingerprint density at radius 2 is 1.74 bits per heavy atom. The van der Waals surface area contributed by atoms with Gasteiger partial charge in [-0.05, 0) is 110 Å². The fourth-order valence-electron chi connectivity index (χ4n) is 9.16. The maximum atomic E-state index is 14.4. The lowest BCUT2D eigenvalue weighted by Crippen LogP contribution is -2.47. The molecule has 1 spiro atoms. The van der Waals surface area contributed by atoms with Gasteiger partial charge in [0, 0.05) is 67.9 Å². The van der Waals surface area contributed by atoms with Crippen molar-refractivity contribution in [3.63, 3.8) is 0 Å². The molecule has 1 saturated carbocycles. The first-order chi connectivity index (χ1) is 22.4. The minimum Gasteiger partial charge on any atom is -0.381 e. The zero-order valence-corrected chi connectivity index (χ0v) is 28.6. The Morgan fingerprint density at radius 3 is 2.40 bits per heavy atom. The molecule has 252 valence electrons. The number of amides is 1. The number of carbonyl (C=O) groups excluding carboxylic acids is 1. The third kappa shape index (κ3) is 6.12. The molecule has 0 radical (unpaired) electrons. The summed E-state index contributed by atoms with van der Waals surface area (Å²) in [6, 6.07) is 8.59. The van der Waals surface area contributed by atoms with E-state index < -0.39 is 11.6 Å². The van der Waals surface area contributed by atoms with Crippen LogP contribution in [0.15, 0.2) is 36.7 Å². The lowest BCUT2D eigenvalue weighted by atomic mass is 9.69. The van der Waals surface area contributed by atoms with E-state index >= 15 is 0 Å². The summed E-state index contributed by atoms with van der Waals surface area (Å²) in [7, 11) is 1.90. The first-order valence-electron chi connectivity index (χ1n) is 17.2. The number of nitrogens with zero attached hydrogens (tertiary/aromatic N) is 4. The molecule has 1 aromatic heterocycles. The number of hydrogen-bond acceptors (Lipinski definition) is 5. The van der Waals surface area contributed by atoms with Crippen molar-refractivity contribution in [1.29, 1.82) is 0 Å². The van der Waals surface area contributed by atoms with Crippen LogP contribution in [0.25, 0.3) is 0 Å². The van der Waals surface area contributed by atoms with Crippen molar-refractivity contribution >= 4 is 17.5 Å². The molecule has 0 bridgehead atoms. The predicted octanol–water partition coefficient (Wildman–Crippen LogP) is 6.71. The van der Waals surface area contributed by atoms with Crippen LogP contribution in [0.3, 0.4) is 0 Å². The third-order valence-electron chi connectivity index (χ3n) is 11.8. The second-order valence-corrected chi connectivity index (χ2v) is 15.6. The summed E-state index contributed by atoms with van der Waals surface area (Å²) in [5, 5.41) is 9.25. The summed E-state index contributed by atoms with van der Waals surface area (Å²) in [6.07, 6.45) is 7.58. The smallest absolute Gasteiger partial charge is 0.226 e. The van der Waals surface area contributed by atoms with E-state index in [1.807, 2.05) is 11.9 Å². The van der Waals surface area contributed by atoms with Crippen LogP contribution >= 0.6 is 11.6 Å². The Morgan fingerprint density at radius 1 is 1.04 bits per heavy atom. The molecule has 1 amide bonds. The second-order valence-electron chi connectivity index (χ2n) is 15.2. The van der Waals surface area contributed by atoms with Crippen LogP contribution in [0.2, 0.25) is 5.02 Å². The van der Waals surface area contributed by atoms with Crippen LogP contribution in [0, 0.1) is 24.5 Å². The normalized spacial score (nSPS) is 26.2. The molecule has 4 atom stereocenters. The van der Waals surface area contributed by atoms with Gasteiger partial charge >= 0.3 is 0 Å². The number of aryl methyl sites for hydroxylation is 2. The van der Waals surface area contributed by atoms with Crippen molar-refractivity contribution in [1.82, 2.24) is 25.0 Å². The molecule has 2 saturated heterocycles. The summed E-state index contributed by atoms with van der Waals surface area (Å²) in [5.74, 6) is -0.641. The van der Waals surface area contributed by atoms with E-state index in [2.05, 4.69) is 43.2 Å². The van der Waals surface area contributed by atoms with Gasteiger partial charge in [0.05, 0.1) is 0 Å². The highest BCUT2D eigenvalue weighted by atomic mass is 35.5. The number of nitrogens with one attached hydrogen (secondary N) is 1. The lowest BCUT2D eigenvalue weighted by Gasteiger charge is -2.42. The first kappa shape index (κ1) is 32.7. The molecule has 3 aromatic rings. The van der Waals surface area contributed by atoms with Crippen molar-refractivity contribution < 1.29 is 18.3 Å². The van der Waals surface area contributed by atoms with Crippen LogP contribution in [0.1, 0.15) is 98.7 Å². The van der Waals surface area contributed by atoms with Crippen LogP contribution in [0.5, 0.6) is 0 Å². The highest BCUT2D eigenvalue weighted by Gasteiger charge is 2.52. The predicted molar refractivity (Wildman–Crippen MR) is 178 cm³/mol. The molecule has 3 heterocycles. The number of likely N-dealkylation sites (tertiary alicyclic amines) is 1. The number of fused-ring (bicyclic) bond motifs is 2. The second kappa shape index (κ2) is 12.5. The molecule has 2 aliphatic carbocycles. The molecule has 2 aliphatic heterocycles. The number of piperidine rings is 1. The van der Waals surface area contributed by atoms with Gasteiger partial charge in [0.25, 0.3) is 0 Å². The number of rotatable bonds is 6. The van der Waals surface area contributed by atoms with Crippen molar-refractivity contribution in [3.8, 4) is 0 Å². The Labute approximate surface area is 281 Å². The Kier molecular flexibility index (Phi) is 8.71. The number of benzene rings is 2. The van der Waals surface area contributed by atoms with Crippen LogP contribution in [-0.4, -0.2) is 64.0 Å². The van der Waals surface area contributed by atoms with Gasteiger partial charge < -0.3 is 15.0 Å². The number of aromatic nitrogens is 3. The van der Waals surface area contributed by atoms with Gasteiger partial charge in [-0.25, -0.2) is 13.8 Å². The van der Waals surface area contributed by atoms with E-state index in [9.17, 15) is 13.6 Å². The Balaban J connectivity index is 1.13. The zero-order chi connectivity index (χ0) is 33.1. The molecule has 47 heavy (non-hydrogen) atoms. The summed E-state index contributed by atoms with van der Waals surface area (Å²) in [5.41, 5.74) is 3.85. The fourth-order valence-corrected chi connectivity index (χ4v) is 9.33. The third-order valence-corrected chi connectivity index (χ3v) is 12.2. The molecular weight excluding hydrogens is 620 g/mol. The van der Waals surface area contributed by atoms with Crippen molar-refractivity contribution in [3.05, 3.63) is 81.4 Å². The van der Waals surface area contributed by atoms with Gasteiger partial charge in [-0.2, -0.15) is 5.10 Å². The van der Waals surface area contributed by atoms with Crippen LogP contribution in [-0.2, 0) is 27.4 Å².